The molecular formula is C14H22ClNO3S. The lowest BCUT2D eigenvalue weighted by Crippen LogP contribution is -2.48. The minimum atomic E-state index is -3.52. The summed E-state index contributed by atoms with van der Waals surface area (Å²) < 4.78 is 32.7. The summed E-state index contributed by atoms with van der Waals surface area (Å²) >= 11 is 5.72. The first kappa shape index (κ1) is 15.9. The topological polar surface area (TPSA) is 50.5 Å². The van der Waals surface area contributed by atoms with Crippen molar-refractivity contribution >= 4 is 21.6 Å². The maximum Gasteiger partial charge on any atom is 0.246 e. The van der Waals surface area contributed by atoms with Crippen LogP contribution in [0, 0.1) is 18.8 Å². The molecule has 1 aliphatic rings. The molecule has 0 amide bonds. The Morgan fingerprint density at radius 3 is 2.60 bits per heavy atom. The van der Waals surface area contributed by atoms with Gasteiger partial charge in [0.05, 0.1) is 5.88 Å². The van der Waals surface area contributed by atoms with Crippen molar-refractivity contribution in [3.8, 4) is 0 Å². The van der Waals surface area contributed by atoms with E-state index in [2.05, 4.69) is 13.8 Å². The Morgan fingerprint density at radius 1 is 1.40 bits per heavy atom. The number of hydrogen-bond acceptors (Lipinski definition) is 3. The average molecular weight is 320 g/mol. The first-order valence-corrected chi connectivity index (χ1v) is 8.92. The molecule has 0 saturated carbocycles. The molecule has 6 heteroatoms. The highest BCUT2D eigenvalue weighted by Gasteiger charge is 2.38. The molecule has 3 unspecified atom stereocenters. The normalized spacial score (nSPS) is 28.8. The van der Waals surface area contributed by atoms with E-state index in [0.29, 0.717) is 29.9 Å². The number of halogens is 1. The summed E-state index contributed by atoms with van der Waals surface area (Å²) in [6, 6.07) is 1.55. The molecule has 114 valence electrons. The van der Waals surface area contributed by atoms with E-state index in [1.807, 2.05) is 6.92 Å². The van der Waals surface area contributed by atoms with Crippen molar-refractivity contribution in [1.82, 2.24) is 4.31 Å². The molecule has 0 N–H and O–H groups in total. The van der Waals surface area contributed by atoms with Crippen molar-refractivity contribution in [3.05, 3.63) is 17.6 Å². The fourth-order valence-corrected chi connectivity index (χ4v) is 5.12. The monoisotopic (exact) mass is 319 g/mol. The predicted octanol–water partition coefficient (Wildman–Crippen LogP) is 3.38. The second kappa shape index (κ2) is 5.70. The summed E-state index contributed by atoms with van der Waals surface area (Å²) in [4.78, 5) is 0.251. The minimum absolute atomic E-state index is 0.00458. The van der Waals surface area contributed by atoms with Crippen LogP contribution in [0.2, 0.25) is 0 Å². The van der Waals surface area contributed by atoms with E-state index in [-0.39, 0.29) is 16.8 Å². The van der Waals surface area contributed by atoms with E-state index in [1.165, 1.54) is 0 Å². The Balaban J connectivity index is 2.40. The van der Waals surface area contributed by atoms with Gasteiger partial charge >= 0.3 is 0 Å². The summed E-state index contributed by atoms with van der Waals surface area (Å²) in [7, 11) is -3.52. The third-order valence-corrected chi connectivity index (χ3v) is 6.51. The molecule has 20 heavy (non-hydrogen) atoms. The van der Waals surface area contributed by atoms with Crippen molar-refractivity contribution in [3.63, 3.8) is 0 Å². The summed E-state index contributed by atoms with van der Waals surface area (Å²) in [5.41, 5.74) is 0. The second-order valence-electron chi connectivity index (χ2n) is 5.90. The maximum absolute atomic E-state index is 12.9. The molecule has 1 fully saturated rings. The molecule has 0 bridgehead atoms. The summed E-state index contributed by atoms with van der Waals surface area (Å²) in [5.74, 6) is 1.81. The lowest BCUT2D eigenvalue weighted by molar-refractivity contribution is 0.157. The van der Waals surface area contributed by atoms with Gasteiger partial charge in [-0.15, -0.1) is 11.6 Å². The van der Waals surface area contributed by atoms with Gasteiger partial charge in [0.25, 0.3) is 0 Å². The minimum Gasteiger partial charge on any atom is -0.464 e. The van der Waals surface area contributed by atoms with Gasteiger partial charge in [0.1, 0.15) is 16.4 Å². The highest BCUT2D eigenvalue weighted by Crippen LogP contribution is 2.33. The lowest BCUT2D eigenvalue weighted by atomic mass is 9.88. The van der Waals surface area contributed by atoms with E-state index in [1.54, 1.807) is 17.3 Å². The van der Waals surface area contributed by atoms with Gasteiger partial charge in [0.2, 0.25) is 10.0 Å². The van der Waals surface area contributed by atoms with Crippen LogP contribution in [0.3, 0.4) is 0 Å². The van der Waals surface area contributed by atoms with Gasteiger partial charge in [-0.25, -0.2) is 8.42 Å². The zero-order valence-electron chi connectivity index (χ0n) is 12.4. The number of piperidine rings is 1. The highest BCUT2D eigenvalue weighted by molar-refractivity contribution is 7.89. The van der Waals surface area contributed by atoms with Crippen molar-refractivity contribution in [2.45, 2.75) is 50.9 Å². The Kier molecular flexibility index (Phi) is 4.52. The Hall–Kier alpha value is -0.520. The fourth-order valence-electron chi connectivity index (χ4n) is 2.95. The lowest BCUT2D eigenvalue weighted by Gasteiger charge is -2.39. The quantitative estimate of drug-likeness (QED) is 0.802. The summed E-state index contributed by atoms with van der Waals surface area (Å²) in [6.07, 6.45) is 1.06. The Morgan fingerprint density at radius 2 is 2.05 bits per heavy atom. The zero-order chi connectivity index (χ0) is 15.1. The van der Waals surface area contributed by atoms with Crippen LogP contribution in [0.4, 0.5) is 0 Å². The molecule has 4 nitrogen and oxygen atoms in total. The zero-order valence-corrected chi connectivity index (χ0v) is 14.0. The molecule has 0 aliphatic carbocycles. The van der Waals surface area contributed by atoms with Crippen molar-refractivity contribution in [2.75, 3.05) is 6.54 Å². The fraction of sp³-hybridized carbons (Fsp3) is 0.714. The van der Waals surface area contributed by atoms with Gasteiger partial charge in [-0.1, -0.05) is 13.8 Å². The molecule has 1 aromatic heterocycles. The Labute approximate surface area is 126 Å². The predicted molar refractivity (Wildman–Crippen MR) is 79.3 cm³/mol. The van der Waals surface area contributed by atoms with Crippen LogP contribution in [0.15, 0.2) is 15.4 Å². The van der Waals surface area contributed by atoms with Crippen LogP contribution in [-0.2, 0) is 15.9 Å². The number of hydrogen-bond donors (Lipinski definition) is 0. The third-order valence-electron chi connectivity index (χ3n) is 4.19. The number of aryl methyl sites for hydroxylation is 1. The van der Waals surface area contributed by atoms with E-state index in [9.17, 15) is 8.42 Å². The van der Waals surface area contributed by atoms with Crippen LogP contribution in [0.25, 0.3) is 0 Å². The van der Waals surface area contributed by atoms with E-state index < -0.39 is 10.0 Å². The number of nitrogens with zero attached hydrogens (tertiary/aromatic N) is 1. The molecule has 1 aliphatic heterocycles. The average Bonchev–Trinajstić information content (AvgIpc) is 2.75. The molecule has 2 heterocycles. The molecule has 0 aromatic carbocycles. The molecule has 0 spiro atoms. The number of sulfonamides is 1. The van der Waals surface area contributed by atoms with Crippen molar-refractivity contribution in [1.29, 1.82) is 0 Å². The molecular weight excluding hydrogens is 298 g/mol. The largest absolute Gasteiger partial charge is 0.464 e. The van der Waals surface area contributed by atoms with Crippen LogP contribution < -0.4 is 0 Å². The first-order chi connectivity index (χ1) is 9.27. The van der Waals surface area contributed by atoms with Crippen LogP contribution >= 0.6 is 11.6 Å². The van der Waals surface area contributed by atoms with Gasteiger partial charge in [-0.3, -0.25) is 0 Å². The van der Waals surface area contributed by atoms with Gasteiger partial charge in [0, 0.05) is 18.7 Å². The second-order valence-corrected chi connectivity index (χ2v) is 8.03. The molecule has 1 saturated heterocycles. The van der Waals surface area contributed by atoms with Crippen molar-refractivity contribution < 1.29 is 12.8 Å². The molecule has 1 aromatic rings. The number of alkyl halides is 1. The Bertz CT molecular complexity index is 581. The van der Waals surface area contributed by atoms with Crippen LogP contribution in [0.5, 0.6) is 0 Å². The standard InChI is InChI=1S/C14H22ClNO3S/c1-9-5-10(2)11(3)16(8-9)20(17,18)14-6-13(7-15)19-12(14)4/h6,9-11H,5,7-8H2,1-4H3. The summed E-state index contributed by atoms with van der Waals surface area (Å²) in [5, 5.41) is 0. The van der Waals surface area contributed by atoms with Crippen LogP contribution in [-0.4, -0.2) is 25.3 Å². The number of rotatable bonds is 3. The SMILES string of the molecule is Cc1oc(CCl)cc1S(=O)(=O)N1CC(C)CC(C)C1C. The van der Waals surface area contributed by atoms with Gasteiger partial charge in [-0.2, -0.15) is 4.31 Å². The maximum atomic E-state index is 12.9. The van der Waals surface area contributed by atoms with Crippen molar-refractivity contribution in [2.24, 2.45) is 11.8 Å². The molecule has 2 rings (SSSR count). The molecule has 0 radical (unpaired) electrons. The summed E-state index contributed by atoms with van der Waals surface area (Å²) in [6.45, 7) is 8.41. The van der Waals surface area contributed by atoms with Crippen LogP contribution in [0.1, 0.15) is 38.7 Å². The van der Waals surface area contributed by atoms with E-state index in [4.69, 9.17) is 16.0 Å². The highest BCUT2D eigenvalue weighted by atomic mass is 35.5. The molecule has 3 atom stereocenters. The van der Waals surface area contributed by atoms with E-state index >= 15 is 0 Å². The van der Waals surface area contributed by atoms with Gasteiger partial charge in [0.15, 0.2) is 0 Å². The number of furan rings is 1. The first-order valence-electron chi connectivity index (χ1n) is 6.94. The van der Waals surface area contributed by atoms with Gasteiger partial charge in [-0.05, 0) is 32.1 Å². The van der Waals surface area contributed by atoms with Gasteiger partial charge < -0.3 is 4.42 Å². The van der Waals surface area contributed by atoms with E-state index in [0.717, 1.165) is 6.42 Å². The third kappa shape index (κ3) is 2.76. The smallest absolute Gasteiger partial charge is 0.246 e.